The first-order chi connectivity index (χ1) is 5.36. The van der Waals surface area contributed by atoms with Crippen LogP contribution >= 0.6 is 0 Å². The van der Waals surface area contributed by atoms with Crippen LogP contribution in [0.4, 0.5) is 0 Å². The van der Waals surface area contributed by atoms with Crippen molar-refractivity contribution in [1.82, 2.24) is 25.9 Å². The predicted octanol–water partition coefficient (Wildman–Crippen LogP) is -0.335. The number of rotatable bonds is 1. The molecular weight excluding hydrogens is 142 g/mol. The van der Waals surface area contributed by atoms with Crippen LogP contribution in [0.3, 0.4) is 0 Å². The number of H-pyrrole nitrogens is 1. The maximum absolute atomic E-state index is 3.95. The van der Waals surface area contributed by atoms with Crippen molar-refractivity contribution in [3.8, 4) is 0 Å². The molecule has 0 aliphatic carbocycles. The Morgan fingerprint density at radius 1 is 1.55 bits per heavy atom. The molecule has 0 bridgehead atoms. The number of nitrogens with one attached hydrogen (secondary N) is 2. The first-order valence-corrected chi connectivity index (χ1v) is 3.83. The molecule has 2 rings (SSSR count). The number of aromatic amines is 1. The summed E-state index contributed by atoms with van der Waals surface area (Å²) in [6, 6.07) is 0.582. The quantitative estimate of drug-likeness (QED) is 0.579. The van der Waals surface area contributed by atoms with Crippen LogP contribution in [0.2, 0.25) is 0 Å². The SMILES string of the molecule is C[C@@H]1CC(c2nn[nH]n2)CN1. The first-order valence-electron chi connectivity index (χ1n) is 3.83. The van der Waals surface area contributed by atoms with Crippen molar-refractivity contribution in [1.29, 1.82) is 0 Å². The maximum Gasteiger partial charge on any atom is 0.178 e. The van der Waals surface area contributed by atoms with E-state index in [1.54, 1.807) is 0 Å². The monoisotopic (exact) mass is 153 g/mol. The zero-order chi connectivity index (χ0) is 7.68. The second-order valence-corrected chi connectivity index (χ2v) is 3.01. The van der Waals surface area contributed by atoms with Crippen molar-refractivity contribution in [3.63, 3.8) is 0 Å². The van der Waals surface area contributed by atoms with Crippen LogP contribution in [0.1, 0.15) is 25.1 Å². The fourth-order valence-corrected chi connectivity index (χ4v) is 1.48. The molecule has 1 saturated heterocycles. The fourth-order valence-electron chi connectivity index (χ4n) is 1.48. The summed E-state index contributed by atoms with van der Waals surface area (Å²) in [6.45, 7) is 3.14. The molecule has 5 heteroatoms. The van der Waals surface area contributed by atoms with Gasteiger partial charge in [0.2, 0.25) is 0 Å². The van der Waals surface area contributed by atoms with Crippen molar-refractivity contribution in [2.75, 3.05) is 6.54 Å². The molecule has 0 aromatic carbocycles. The average molecular weight is 153 g/mol. The van der Waals surface area contributed by atoms with Gasteiger partial charge in [-0.1, -0.05) is 5.21 Å². The standard InChI is InChI=1S/C6H11N5/c1-4-2-5(3-7-4)6-8-10-11-9-6/h4-5,7H,2-3H2,1H3,(H,8,9,10,11)/t4-,5?/m1/s1. The Kier molecular flexibility index (Phi) is 1.58. The molecule has 0 amide bonds. The van der Waals surface area contributed by atoms with E-state index in [2.05, 4.69) is 32.9 Å². The molecule has 0 radical (unpaired) electrons. The van der Waals surface area contributed by atoms with Crippen LogP contribution in [0.15, 0.2) is 0 Å². The lowest BCUT2D eigenvalue weighted by Gasteiger charge is -1.99. The minimum absolute atomic E-state index is 0.448. The number of hydrogen-bond donors (Lipinski definition) is 2. The summed E-state index contributed by atoms with van der Waals surface area (Å²) in [4.78, 5) is 0. The summed E-state index contributed by atoms with van der Waals surface area (Å²) < 4.78 is 0. The molecule has 11 heavy (non-hydrogen) atoms. The summed E-state index contributed by atoms with van der Waals surface area (Å²) in [7, 11) is 0. The second kappa shape index (κ2) is 2.58. The lowest BCUT2D eigenvalue weighted by atomic mass is 10.1. The Labute approximate surface area is 64.6 Å². The van der Waals surface area contributed by atoms with Crippen molar-refractivity contribution < 1.29 is 0 Å². The van der Waals surface area contributed by atoms with Gasteiger partial charge in [0.15, 0.2) is 5.82 Å². The Hall–Kier alpha value is -0.970. The lowest BCUT2D eigenvalue weighted by Crippen LogP contribution is -2.16. The van der Waals surface area contributed by atoms with Crippen molar-refractivity contribution >= 4 is 0 Å². The van der Waals surface area contributed by atoms with Gasteiger partial charge < -0.3 is 5.32 Å². The molecule has 0 saturated carbocycles. The second-order valence-electron chi connectivity index (χ2n) is 3.01. The van der Waals surface area contributed by atoms with Crippen molar-refractivity contribution in [2.24, 2.45) is 0 Å². The van der Waals surface area contributed by atoms with Gasteiger partial charge in [-0.15, -0.1) is 10.2 Å². The van der Waals surface area contributed by atoms with Gasteiger partial charge in [-0.25, -0.2) is 0 Å². The smallest absolute Gasteiger partial charge is 0.178 e. The predicted molar refractivity (Wildman–Crippen MR) is 39.0 cm³/mol. The summed E-state index contributed by atoms with van der Waals surface area (Å²) in [5.41, 5.74) is 0. The van der Waals surface area contributed by atoms with Crippen molar-refractivity contribution in [2.45, 2.75) is 25.3 Å². The third-order valence-electron chi connectivity index (χ3n) is 2.08. The van der Waals surface area contributed by atoms with Gasteiger partial charge in [-0.3, -0.25) is 0 Å². The highest BCUT2D eigenvalue weighted by molar-refractivity contribution is 4.98. The van der Waals surface area contributed by atoms with Gasteiger partial charge in [-0.05, 0) is 13.3 Å². The minimum atomic E-state index is 0.448. The van der Waals surface area contributed by atoms with E-state index in [1.807, 2.05) is 0 Å². The van der Waals surface area contributed by atoms with Gasteiger partial charge in [0, 0.05) is 18.5 Å². The summed E-state index contributed by atoms with van der Waals surface area (Å²) in [5.74, 6) is 1.28. The fraction of sp³-hybridized carbons (Fsp3) is 0.833. The molecule has 2 atom stereocenters. The highest BCUT2D eigenvalue weighted by atomic mass is 15.5. The highest BCUT2D eigenvalue weighted by Crippen LogP contribution is 2.20. The zero-order valence-corrected chi connectivity index (χ0v) is 6.41. The van der Waals surface area contributed by atoms with E-state index in [4.69, 9.17) is 0 Å². The topological polar surface area (TPSA) is 66.5 Å². The molecule has 5 nitrogen and oxygen atoms in total. The zero-order valence-electron chi connectivity index (χ0n) is 6.41. The van der Waals surface area contributed by atoms with Gasteiger partial charge in [0.1, 0.15) is 0 Å². The van der Waals surface area contributed by atoms with Crippen LogP contribution < -0.4 is 5.32 Å². The normalized spacial score (nSPS) is 31.0. The maximum atomic E-state index is 3.95. The Bertz CT molecular complexity index is 219. The summed E-state index contributed by atoms with van der Waals surface area (Å²) in [5, 5.41) is 17.2. The lowest BCUT2D eigenvalue weighted by molar-refractivity contribution is 0.650. The van der Waals surface area contributed by atoms with Gasteiger partial charge in [0.05, 0.1) is 0 Å². The molecule has 1 unspecified atom stereocenters. The van der Waals surface area contributed by atoms with E-state index in [1.165, 1.54) is 0 Å². The van der Waals surface area contributed by atoms with E-state index in [9.17, 15) is 0 Å². The van der Waals surface area contributed by atoms with Crippen LogP contribution in [-0.4, -0.2) is 33.2 Å². The molecule has 2 N–H and O–H groups in total. The third-order valence-corrected chi connectivity index (χ3v) is 2.08. The number of nitrogens with zero attached hydrogens (tertiary/aromatic N) is 3. The van der Waals surface area contributed by atoms with Crippen LogP contribution in [0.5, 0.6) is 0 Å². The molecule has 1 aliphatic heterocycles. The average Bonchev–Trinajstić information content (AvgIpc) is 2.55. The van der Waals surface area contributed by atoms with E-state index >= 15 is 0 Å². The van der Waals surface area contributed by atoms with Crippen LogP contribution in [-0.2, 0) is 0 Å². The van der Waals surface area contributed by atoms with Crippen LogP contribution in [0, 0.1) is 0 Å². The number of aromatic nitrogens is 4. The van der Waals surface area contributed by atoms with Crippen molar-refractivity contribution in [3.05, 3.63) is 5.82 Å². The highest BCUT2D eigenvalue weighted by Gasteiger charge is 2.24. The third kappa shape index (κ3) is 1.23. The summed E-state index contributed by atoms with van der Waals surface area (Å²) in [6.07, 6.45) is 1.11. The first kappa shape index (κ1) is 6.72. The number of tetrazole rings is 1. The Morgan fingerprint density at radius 2 is 2.45 bits per heavy atom. The molecule has 60 valence electrons. The summed E-state index contributed by atoms with van der Waals surface area (Å²) >= 11 is 0. The molecule has 1 aliphatic rings. The Balaban J connectivity index is 2.08. The van der Waals surface area contributed by atoms with Crippen LogP contribution in [0.25, 0.3) is 0 Å². The van der Waals surface area contributed by atoms with Gasteiger partial charge in [0.25, 0.3) is 0 Å². The van der Waals surface area contributed by atoms with E-state index < -0.39 is 0 Å². The molecule has 1 aromatic rings. The molecular formula is C6H11N5. The molecule has 2 heterocycles. The van der Waals surface area contributed by atoms with Gasteiger partial charge in [-0.2, -0.15) is 5.21 Å². The van der Waals surface area contributed by atoms with E-state index in [-0.39, 0.29) is 0 Å². The van der Waals surface area contributed by atoms with Gasteiger partial charge >= 0.3 is 0 Å². The number of hydrogen-bond acceptors (Lipinski definition) is 4. The minimum Gasteiger partial charge on any atom is -0.314 e. The van der Waals surface area contributed by atoms with E-state index in [0.717, 1.165) is 18.8 Å². The van der Waals surface area contributed by atoms with E-state index in [0.29, 0.717) is 12.0 Å². The largest absolute Gasteiger partial charge is 0.314 e. The molecule has 1 aromatic heterocycles. The molecule has 0 spiro atoms. The Morgan fingerprint density at radius 3 is 3.00 bits per heavy atom. The molecule has 1 fully saturated rings.